The van der Waals surface area contributed by atoms with Crippen LogP contribution in [0.5, 0.6) is 0 Å². The first-order valence-corrected chi connectivity index (χ1v) is 10.8. The van der Waals surface area contributed by atoms with Crippen molar-refractivity contribution in [2.75, 3.05) is 24.5 Å². The minimum Gasteiger partial charge on any atom is -0.371 e. The Morgan fingerprint density at radius 3 is 2.57 bits per heavy atom. The molecule has 0 aliphatic carbocycles. The van der Waals surface area contributed by atoms with Crippen LogP contribution in [0.1, 0.15) is 25.3 Å². The van der Waals surface area contributed by atoms with Gasteiger partial charge in [0.1, 0.15) is 0 Å². The van der Waals surface area contributed by atoms with E-state index in [1.54, 1.807) is 6.20 Å². The largest absolute Gasteiger partial charge is 0.371 e. The lowest BCUT2D eigenvalue weighted by Crippen LogP contribution is -2.48. The zero-order valence-corrected chi connectivity index (χ0v) is 17.5. The zero-order valence-electron chi connectivity index (χ0n) is 17.5. The molecule has 1 aliphatic heterocycles. The minimum atomic E-state index is 0.443. The molecule has 1 fully saturated rings. The van der Waals surface area contributed by atoms with E-state index in [1.165, 1.54) is 11.3 Å². The molecule has 1 aliphatic rings. The average molecular weight is 403 g/mol. The van der Waals surface area contributed by atoms with Crippen LogP contribution < -0.4 is 15.5 Å². The number of anilines is 1. The third-order valence-corrected chi connectivity index (χ3v) is 5.40. The molecular formula is C24H30N6. The van der Waals surface area contributed by atoms with Gasteiger partial charge in [0.15, 0.2) is 5.96 Å². The Morgan fingerprint density at radius 2 is 1.83 bits per heavy atom. The predicted molar refractivity (Wildman–Crippen MR) is 123 cm³/mol. The normalized spacial score (nSPS) is 15.2. The first kappa shape index (κ1) is 20.0. The third-order valence-electron chi connectivity index (χ3n) is 5.40. The Morgan fingerprint density at radius 1 is 1.03 bits per heavy atom. The number of aromatic nitrogens is 2. The highest BCUT2D eigenvalue weighted by molar-refractivity contribution is 5.80. The molecule has 0 amide bonds. The number of hydrogen-bond acceptors (Lipinski definition) is 3. The lowest BCUT2D eigenvalue weighted by molar-refractivity contribution is 0.461. The van der Waals surface area contributed by atoms with Gasteiger partial charge in [-0.3, -0.25) is 0 Å². The fraction of sp³-hybridized carbons (Fsp3) is 0.333. The van der Waals surface area contributed by atoms with E-state index in [-0.39, 0.29) is 0 Å². The summed E-state index contributed by atoms with van der Waals surface area (Å²) in [6, 6.07) is 21.4. The van der Waals surface area contributed by atoms with Gasteiger partial charge in [-0.1, -0.05) is 30.3 Å². The summed E-state index contributed by atoms with van der Waals surface area (Å²) in [7, 11) is 0. The van der Waals surface area contributed by atoms with Crippen molar-refractivity contribution in [1.82, 2.24) is 20.4 Å². The molecule has 0 atom stereocenters. The molecule has 156 valence electrons. The number of hydrogen-bond donors (Lipinski definition) is 2. The highest BCUT2D eigenvalue weighted by Crippen LogP contribution is 2.19. The van der Waals surface area contributed by atoms with E-state index < -0.39 is 0 Å². The van der Waals surface area contributed by atoms with Gasteiger partial charge in [0.05, 0.1) is 12.2 Å². The van der Waals surface area contributed by atoms with E-state index in [2.05, 4.69) is 82.2 Å². The summed E-state index contributed by atoms with van der Waals surface area (Å²) < 4.78 is 1.87. The van der Waals surface area contributed by atoms with E-state index in [0.29, 0.717) is 12.6 Å². The molecule has 3 aromatic rings. The van der Waals surface area contributed by atoms with Gasteiger partial charge in [0.2, 0.25) is 0 Å². The molecule has 4 rings (SSSR count). The number of aliphatic imine (C=N–C) groups is 1. The predicted octanol–water partition coefficient (Wildman–Crippen LogP) is 3.60. The molecule has 2 aromatic carbocycles. The minimum absolute atomic E-state index is 0.443. The van der Waals surface area contributed by atoms with Crippen LogP contribution in [0.3, 0.4) is 0 Å². The van der Waals surface area contributed by atoms with Crippen LogP contribution in [0.2, 0.25) is 0 Å². The molecule has 1 aromatic heterocycles. The molecule has 0 spiro atoms. The smallest absolute Gasteiger partial charge is 0.191 e. The lowest BCUT2D eigenvalue weighted by Gasteiger charge is -2.34. The fourth-order valence-corrected chi connectivity index (χ4v) is 3.82. The summed E-state index contributed by atoms with van der Waals surface area (Å²) >= 11 is 0. The summed E-state index contributed by atoms with van der Waals surface area (Å²) in [5, 5.41) is 11.3. The van der Waals surface area contributed by atoms with Crippen LogP contribution >= 0.6 is 0 Å². The van der Waals surface area contributed by atoms with E-state index >= 15 is 0 Å². The molecule has 0 radical (unpaired) electrons. The van der Waals surface area contributed by atoms with Crippen molar-refractivity contribution in [2.24, 2.45) is 4.99 Å². The quantitative estimate of drug-likeness (QED) is 0.489. The van der Waals surface area contributed by atoms with E-state index in [1.807, 2.05) is 16.9 Å². The van der Waals surface area contributed by atoms with Crippen molar-refractivity contribution in [3.8, 4) is 5.69 Å². The Labute approximate surface area is 178 Å². The Bertz CT molecular complexity index is 927. The maximum absolute atomic E-state index is 4.83. The summed E-state index contributed by atoms with van der Waals surface area (Å²) in [6.45, 7) is 5.71. The molecule has 6 nitrogen and oxygen atoms in total. The van der Waals surface area contributed by atoms with Gasteiger partial charge in [-0.25, -0.2) is 9.67 Å². The van der Waals surface area contributed by atoms with Gasteiger partial charge >= 0.3 is 0 Å². The van der Waals surface area contributed by atoms with Crippen molar-refractivity contribution in [2.45, 2.75) is 32.4 Å². The molecule has 30 heavy (non-hydrogen) atoms. The second-order valence-electron chi connectivity index (χ2n) is 7.56. The summed E-state index contributed by atoms with van der Waals surface area (Å²) in [5.74, 6) is 0.889. The van der Waals surface area contributed by atoms with Crippen molar-refractivity contribution in [3.63, 3.8) is 0 Å². The maximum atomic E-state index is 4.83. The van der Waals surface area contributed by atoms with Crippen LogP contribution in [0.4, 0.5) is 5.69 Å². The number of para-hydroxylation sites is 1. The van der Waals surface area contributed by atoms with Crippen molar-refractivity contribution >= 4 is 11.6 Å². The Kier molecular flexibility index (Phi) is 6.65. The van der Waals surface area contributed by atoms with Gasteiger partial charge < -0.3 is 15.5 Å². The zero-order chi connectivity index (χ0) is 20.6. The highest BCUT2D eigenvalue weighted by Gasteiger charge is 2.20. The van der Waals surface area contributed by atoms with Crippen molar-refractivity contribution < 1.29 is 0 Å². The van der Waals surface area contributed by atoms with Crippen molar-refractivity contribution in [1.29, 1.82) is 0 Å². The summed E-state index contributed by atoms with van der Waals surface area (Å²) in [6.07, 6.45) is 5.96. The van der Waals surface area contributed by atoms with Crippen LogP contribution in [-0.4, -0.2) is 41.4 Å². The molecule has 0 bridgehead atoms. The first-order chi connectivity index (χ1) is 14.8. The molecule has 0 saturated carbocycles. The Hall–Kier alpha value is -3.28. The van der Waals surface area contributed by atoms with Crippen LogP contribution in [0.25, 0.3) is 5.69 Å². The number of piperidine rings is 1. The average Bonchev–Trinajstić information content (AvgIpc) is 3.34. The van der Waals surface area contributed by atoms with E-state index in [4.69, 9.17) is 4.99 Å². The molecule has 2 heterocycles. The molecule has 6 heteroatoms. The fourth-order valence-electron chi connectivity index (χ4n) is 3.82. The van der Waals surface area contributed by atoms with Crippen molar-refractivity contribution in [3.05, 3.63) is 78.6 Å². The number of benzene rings is 2. The second kappa shape index (κ2) is 9.96. The number of rotatable bonds is 6. The van der Waals surface area contributed by atoms with Gasteiger partial charge in [-0.15, -0.1) is 0 Å². The maximum Gasteiger partial charge on any atom is 0.191 e. The van der Waals surface area contributed by atoms with Gasteiger partial charge in [-0.05, 0) is 55.7 Å². The number of nitrogens with one attached hydrogen (secondary N) is 2. The lowest BCUT2D eigenvalue weighted by atomic mass is 10.0. The van der Waals surface area contributed by atoms with Gasteiger partial charge in [0, 0.05) is 43.8 Å². The van der Waals surface area contributed by atoms with Crippen LogP contribution in [-0.2, 0) is 6.54 Å². The standard InChI is InChI=1S/C24H30N6/c1-2-25-24(26-19-20-8-6-11-23(18-20)30-15-7-14-27-30)28-21-12-16-29(17-13-21)22-9-4-3-5-10-22/h3-11,14-15,18,21H,2,12-13,16-17,19H2,1H3,(H2,25,26,28). The second-order valence-corrected chi connectivity index (χ2v) is 7.56. The third kappa shape index (κ3) is 5.20. The number of nitrogens with zero attached hydrogens (tertiary/aromatic N) is 4. The van der Waals surface area contributed by atoms with Gasteiger partial charge in [0.25, 0.3) is 0 Å². The molecule has 1 saturated heterocycles. The first-order valence-electron chi connectivity index (χ1n) is 10.8. The molecule has 2 N–H and O–H groups in total. The van der Waals surface area contributed by atoms with Crippen LogP contribution in [0, 0.1) is 0 Å². The van der Waals surface area contributed by atoms with E-state index in [0.717, 1.165) is 44.1 Å². The summed E-state index contributed by atoms with van der Waals surface area (Å²) in [4.78, 5) is 7.29. The Balaban J connectivity index is 1.35. The highest BCUT2D eigenvalue weighted by atomic mass is 15.3. The van der Waals surface area contributed by atoms with Crippen LogP contribution in [0.15, 0.2) is 78.0 Å². The van der Waals surface area contributed by atoms with Gasteiger partial charge in [-0.2, -0.15) is 5.10 Å². The monoisotopic (exact) mass is 402 g/mol. The topological polar surface area (TPSA) is 57.5 Å². The number of guanidine groups is 1. The van der Waals surface area contributed by atoms with E-state index in [9.17, 15) is 0 Å². The molecule has 0 unspecified atom stereocenters. The summed E-state index contributed by atoms with van der Waals surface area (Å²) in [5.41, 5.74) is 3.53. The SMILES string of the molecule is CCNC(=NCc1cccc(-n2cccn2)c1)NC1CCN(c2ccccc2)CC1. The molecular weight excluding hydrogens is 372 g/mol.